The van der Waals surface area contributed by atoms with E-state index < -0.39 is 0 Å². The van der Waals surface area contributed by atoms with Gasteiger partial charge in [-0.15, -0.1) is 0 Å². The fourth-order valence-corrected chi connectivity index (χ4v) is 4.26. The number of fused-ring (bicyclic) bond motifs is 1. The van der Waals surface area contributed by atoms with Crippen LogP contribution < -0.4 is 10.1 Å². The molecular weight excluding hydrogens is 388 g/mol. The highest BCUT2D eigenvalue weighted by Gasteiger charge is 2.23. The first kappa shape index (κ1) is 21.4. The summed E-state index contributed by atoms with van der Waals surface area (Å²) in [5, 5.41) is 2.99. The summed E-state index contributed by atoms with van der Waals surface area (Å²) in [5.41, 5.74) is 2.17. The van der Waals surface area contributed by atoms with Crippen LogP contribution in [0.5, 0.6) is 5.75 Å². The lowest BCUT2D eigenvalue weighted by atomic mass is 9.96. The van der Waals surface area contributed by atoms with Crippen molar-refractivity contribution >= 4 is 16.9 Å². The Bertz CT molecular complexity index is 991. The first-order chi connectivity index (χ1) is 15.1. The molecular formula is C25H32N4O2. The Morgan fingerprint density at radius 2 is 1.81 bits per heavy atom. The minimum atomic E-state index is 0.120. The molecule has 3 aromatic rings. The largest absolute Gasteiger partial charge is 0.486 e. The third-order valence-electron chi connectivity index (χ3n) is 5.81. The first-order valence-electron chi connectivity index (χ1n) is 11.2. The number of likely N-dealkylation sites (tertiary alicyclic amines) is 1. The van der Waals surface area contributed by atoms with Crippen molar-refractivity contribution in [3.05, 3.63) is 60.4 Å². The van der Waals surface area contributed by atoms with Crippen molar-refractivity contribution in [3.8, 4) is 5.75 Å². The van der Waals surface area contributed by atoms with Gasteiger partial charge in [0.2, 0.25) is 5.91 Å². The molecule has 2 aromatic carbocycles. The number of imidazole rings is 1. The first-order valence-corrected chi connectivity index (χ1v) is 11.2. The quantitative estimate of drug-likeness (QED) is 0.601. The number of carbonyl (C=O) groups is 1. The molecule has 164 valence electrons. The van der Waals surface area contributed by atoms with Crippen LogP contribution in [0.15, 0.2) is 54.6 Å². The topological polar surface area (TPSA) is 59.4 Å². The van der Waals surface area contributed by atoms with Crippen LogP contribution in [-0.2, 0) is 17.9 Å². The molecule has 6 heteroatoms. The number of para-hydroxylation sites is 3. The number of ether oxygens (including phenoxy) is 1. The SMILES string of the molecule is CC(C)NC(=O)CN1CCC(Cn2c(COc3ccccc3)nc3ccccc32)CC1. The maximum absolute atomic E-state index is 12.1. The maximum atomic E-state index is 12.1. The van der Waals surface area contributed by atoms with Crippen LogP contribution in [0.2, 0.25) is 0 Å². The van der Waals surface area contributed by atoms with E-state index >= 15 is 0 Å². The highest BCUT2D eigenvalue weighted by molar-refractivity contribution is 5.78. The Labute approximate surface area is 184 Å². The molecule has 2 heterocycles. The van der Waals surface area contributed by atoms with Crippen molar-refractivity contribution in [3.63, 3.8) is 0 Å². The minimum absolute atomic E-state index is 0.120. The molecule has 1 fully saturated rings. The third-order valence-corrected chi connectivity index (χ3v) is 5.81. The maximum Gasteiger partial charge on any atom is 0.234 e. The Morgan fingerprint density at radius 3 is 2.55 bits per heavy atom. The number of hydrogen-bond acceptors (Lipinski definition) is 4. The van der Waals surface area contributed by atoms with Gasteiger partial charge < -0.3 is 14.6 Å². The van der Waals surface area contributed by atoms with E-state index in [0.717, 1.165) is 55.1 Å². The zero-order valence-electron chi connectivity index (χ0n) is 18.5. The van der Waals surface area contributed by atoms with Crippen LogP contribution in [0.1, 0.15) is 32.5 Å². The van der Waals surface area contributed by atoms with E-state index in [4.69, 9.17) is 9.72 Å². The van der Waals surface area contributed by atoms with E-state index in [9.17, 15) is 4.79 Å². The van der Waals surface area contributed by atoms with E-state index in [0.29, 0.717) is 19.1 Å². The highest BCUT2D eigenvalue weighted by Crippen LogP contribution is 2.24. The molecule has 1 aromatic heterocycles. The van der Waals surface area contributed by atoms with Crippen molar-refractivity contribution in [2.24, 2.45) is 5.92 Å². The summed E-state index contributed by atoms with van der Waals surface area (Å²) in [5.74, 6) is 2.50. The van der Waals surface area contributed by atoms with Crippen LogP contribution in [0, 0.1) is 5.92 Å². The number of hydrogen-bond donors (Lipinski definition) is 1. The monoisotopic (exact) mass is 420 g/mol. The highest BCUT2D eigenvalue weighted by atomic mass is 16.5. The van der Waals surface area contributed by atoms with Crippen LogP contribution in [0.3, 0.4) is 0 Å². The summed E-state index contributed by atoms with van der Waals surface area (Å²) in [4.78, 5) is 19.2. The van der Waals surface area contributed by atoms with Gasteiger partial charge in [-0.25, -0.2) is 4.98 Å². The lowest BCUT2D eigenvalue weighted by molar-refractivity contribution is -0.123. The van der Waals surface area contributed by atoms with Gasteiger partial charge in [-0.3, -0.25) is 9.69 Å². The second kappa shape index (κ2) is 9.96. The van der Waals surface area contributed by atoms with Gasteiger partial charge in [0.25, 0.3) is 0 Å². The number of nitrogens with zero attached hydrogens (tertiary/aromatic N) is 3. The predicted octanol–water partition coefficient (Wildman–Crippen LogP) is 3.85. The summed E-state index contributed by atoms with van der Waals surface area (Å²) in [6.07, 6.45) is 2.17. The van der Waals surface area contributed by atoms with Gasteiger partial charge in [-0.1, -0.05) is 30.3 Å². The molecule has 1 amide bonds. The molecule has 1 aliphatic heterocycles. The van der Waals surface area contributed by atoms with Gasteiger partial charge in [-0.2, -0.15) is 0 Å². The van der Waals surface area contributed by atoms with Gasteiger partial charge >= 0.3 is 0 Å². The standard InChI is InChI=1S/C25H32N4O2/c1-19(2)26-25(30)17-28-14-12-20(13-15-28)16-29-23-11-7-6-10-22(23)27-24(29)18-31-21-8-4-3-5-9-21/h3-11,19-20H,12-18H2,1-2H3,(H,26,30). The van der Waals surface area contributed by atoms with Gasteiger partial charge in [0.05, 0.1) is 17.6 Å². The molecule has 1 saturated heterocycles. The molecule has 0 atom stereocenters. The second-order valence-electron chi connectivity index (χ2n) is 8.67. The van der Waals surface area contributed by atoms with Gasteiger partial charge in [-0.05, 0) is 70.0 Å². The Kier molecular flexibility index (Phi) is 6.87. The number of carbonyl (C=O) groups excluding carboxylic acids is 1. The number of piperidine rings is 1. The van der Waals surface area contributed by atoms with E-state index in [2.05, 4.69) is 33.0 Å². The van der Waals surface area contributed by atoms with Crippen LogP contribution >= 0.6 is 0 Å². The zero-order valence-corrected chi connectivity index (χ0v) is 18.5. The molecule has 0 radical (unpaired) electrons. The smallest absolute Gasteiger partial charge is 0.234 e. The molecule has 0 aliphatic carbocycles. The van der Waals surface area contributed by atoms with E-state index in [-0.39, 0.29) is 11.9 Å². The van der Waals surface area contributed by atoms with E-state index in [1.807, 2.05) is 50.2 Å². The molecule has 31 heavy (non-hydrogen) atoms. The Balaban J connectivity index is 1.40. The predicted molar refractivity (Wildman–Crippen MR) is 123 cm³/mol. The summed E-state index contributed by atoms with van der Waals surface area (Å²) in [7, 11) is 0. The zero-order chi connectivity index (χ0) is 21.6. The average molecular weight is 421 g/mol. The lowest BCUT2D eigenvalue weighted by Crippen LogP contribution is -2.43. The molecule has 0 spiro atoms. The lowest BCUT2D eigenvalue weighted by Gasteiger charge is -2.32. The summed E-state index contributed by atoms with van der Waals surface area (Å²) >= 11 is 0. The normalized spacial score (nSPS) is 15.5. The molecule has 0 unspecified atom stereocenters. The molecule has 1 N–H and O–H groups in total. The van der Waals surface area contributed by atoms with Crippen molar-refractivity contribution in [2.45, 2.75) is 45.9 Å². The van der Waals surface area contributed by atoms with Gasteiger partial charge in [0, 0.05) is 12.6 Å². The van der Waals surface area contributed by atoms with Crippen LogP contribution in [0.25, 0.3) is 11.0 Å². The number of benzene rings is 2. The van der Waals surface area contributed by atoms with E-state index in [1.165, 1.54) is 0 Å². The summed E-state index contributed by atoms with van der Waals surface area (Å²) in [6.45, 7) is 7.79. The molecule has 6 nitrogen and oxygen atoms in total. The molecule has 0 saturated carbocycles. The van der Waals surface area contributed by atoms with E-state index in [1.54, 1.807) is 0 Å². The number of amides is 1. The fourth-order valence-electron chi connectivity index (χ4n) is 4.26. The van der Waals surface area contributed by atoms with Gasteiger partial charge in [0.15, 0.2) is 0 Å². The third kappa shape index (κ3) is 5.64. The second-order valence-corrected chi connectivity index (χ2v) is 8.67. The molecule has 0 bridgehead atoms. The molecule has 1 aliphatic rings. The van der Waals surface area contributed by atoms with Crippen molar-refractivity contribution < 1.29 is 9.53 Å². The summed E-state index contributed by atoms with van der Waals surface area (Å²) < 4.78 is 8.33. The Morgan fingerprint density at radius 1 is 1.10 bits per heavy atom. The number of rotatable bonds is 8. The minimum Gasteiger partial charge on any atom is -0.486 e. The fraction of sp³-hybridized carbons (Fsp3) is 0.440. The van der Waals surface area contributed by atoms with Crippen LogP contribution in [-0.4, -0.2) is 46.0 Å². The van der Waals surface area contributed by atoms with Crippen molar-refractivity contribution in [1.29, 1.82) is 0 Å². The number of aromatic nitrogens is 2. The number of nitrogens with one attached hydrogen (secondary N) is 1. The van der Waals surface area contributed by atoms with Gasteiger partial charge in [0.1, 0.15) is 18.2 Å². The summed E-state index contributed by atoms with van der Waals surface area (Å²) in [6, 6.07) is 18.4. The van der Waals surface area contributed by atoms with Crippen molar-refractivity contribution in [1.82, 2.24) is 19.8 Å². The average Bonchev–Trinajstić information content (AvgIpc) is 3.11. The van der Waals surface area contributed by atoms with Crippen LogP contribution in [0.4, 0.5) is 0 Å². The molecule has 4 rings (SSSR count). The van der Waals surface area contributed by atoms with Crippen molar-refractivity contribution in [2.75, 3.05) is 19.6 Å². The Hall–Kier alpha value is -2.86.